The van der Waals surface area contributed by atoms with Gasteiger partial charge < -0.3 is 30.0 Å². The second-order valence-electron chi connectivity index (χ2n) is 10.8. The molecule has 0 aromatic heterocycles. The third-order valence-electron chi connectivity index (χ3n) is 5.55. The molecule has 1 unspecified atom stereocenters. The first kappa shape index (κ1) is 36.4. The maximum absolute atomic E-state index is 13.8. The maximum Gasteiger partial charge on any atom is 0.408 e. The molecule has 0 fully saturated rings. The summed E-state index contributed by atoms with van der Waals surface area (Å²) < 4.78 is 35.1. The summed E-state index contributed by atoms with van der Waals surface area (Å²) in [6.45, 7) is 13.0. The van der Waals surface area contributed by atoms with Gasteiger partial charge in [0.15, 0.2) is 0 Å². The normalized spacial score (nSPS) is 14.0. The zero-order valence-corrected chi connectivity index (χ0v) is 26.3. The quantitative estimate of drug-likeness (QED) is 0.156. The highest BCUT2D eigenvalue weighted by molar-refractivity contribution is 7.98. The Morgan fingerprint density at radius 3 is 2.37 bits per heavy atom. The molecule has 1 aromatic rings. The molecule has 0 radical (unpaired) electrons. The van der Waals surface area contributed by atoms with Gasteiger partial charge in [0.05, 0.1) is 13.2 Å². The summed E-state index contributed by atoms with van der Waals surface area (Å²) >= 11 is 6.48. The minimum Gasteiger partial charge on any atom is -0.444 e. The largest absolute Gasteiger partial charge is 0.444 e. The summed E-state index contributed by atoms with van der Waals surface area (Å²) in [5.74, 6) is -0.608. The summed E-state index contributed by atoms with van der Waals surface area (Å²) in [5, 5.41) is 3.03. The van der Waals surface area contributed by atoms with Crippen molar-refractivity contribution in [2.45, 2.75) is 65.3 Å². The molecule has 228 valence electrons. The van der Waals surface area contributed by atoms with Crippen molar-refractivity contribution in [2.24, 2.45) is 5.73 Å². The Labute approximate surface area is 252 Å². The van der Waals surface area contributed by atoms with Crippen molar-refractivity contribution < 1.29 is 28.0 Å². The van der Waals surface area contributed by atoms with Gasteiger partial charge in [-0.25, -0.2) is 9.18 Å². The number of nitrogens with zero attached hydrogens (tertiary/aromatic N) is 1. The minimum atomic E-state index is -1.19. The van der Waals surface area contributed by atoms with Gasteiger partial charge in [-0.3, -0.25) is 4.79 Å². The molecule has 1 rings (SSSR count). The van der Waals surface area contributed by atoms with Gasteiger partial charge >= 0.3 is 6.09 Å². The fraction of sp³-hybridized carbons (Fsp3) is 0.467. The minimum absolute atomic E-state index is 0.148. The van der Waals surface area contributed by atoms with E-state index in [-0.39, 0.29) is 26.3 Å². The number of alkyl carbamates (subject to hydrolysis) is 1. The first-order chi connectivity index (χ1) is 19.1. The number of alkyl halides is 1. The number of benzene rings is 1. The Balaban J connectivity index is 3.38. The van der Waals surface area contributed by atoms with Gasteiger partial charge in [-0.05, 0) is 64.3 Å². The van der Waals surface area contributed by atoms with E-state index < -0.39 is 35.9 Å². The van der Waals surface area contributed by atoms with E-state index in [0.29, 0.717) is 33.1 Å². The van der Waals surface area contributed by atoms with Gasteiger partial charge in [0.2, 0.25) is 5.91 Å². The molecule has 0 aliphatic rings. The highest BCUT2D eigenvalue weighted by atomic mass is 35.5. The number of ether oxygens (including phenoxy) is 2. The van der Waals surface area contributed by atoms with E-state index in [1.807, 2.05) is 30.3 Å². The van der Waals surface area contributed by atoms with Crippen LogP contribution in [0.2, 0.25) is 0 Å². The number of carbonyl (C=O) groups excluding carboxylic acids is 2. The third-order valence-corrected chi connectivity index (χ3v) is 6.59. The predicted molar refractivity (Wildman–Crippen MR) is 165 cm³/mol. The predicted octanol–water partition coefficient (Wildman–Crippen LogP) is 6.35. The maximum atomic E-state index is 13.8. The lowest BCUT2D eigenvalue weighted by Gasteiger charge is -2.33. The molecule has 0 bridgehead atoms. The smallest absolute Gasteiger partial charge is 0.408 e. The molecule has 0 heterocycles. The Bertz CT molecular complexity index is 1110. The number of amides is 2. The van der Waals surface area contributed by atoms with Gasteiger partial charge in [0.25, 0.3) is 0 Å². The molecule has 0 aliphatic heterocycles. The zero-order chi connectivity index (χ0) is 31.2. The van der Waals surface area contributed by atoms with E-state index >= 15 is 0 Å². The molecule has 2 amide bonds. The Kier molecular flexibility index (Phi) is 15.4. The summed E-state index contributed by atoms with van der Waals surface area (Å²) in [6, 6.07) is 8.14. The van der Waals surface area contributed by atoms with E-state index in [1.165, 1.54) is 4.90 Å². The molecule has 0 saturated heterocycles. The van der Waals surface area contributed by atoms with Gasteiger partial charge in [-0.2, -0.15) is 0 Å². The van der Waals surface area contributed by atoms with E-state index in [0.717, 1.165) is 5.56 Å². The first-order valence-electron chi connectivity index (χ1n) is 13.1. The lowest BCUT2D eigenvalue weighted by molar-refractivity contribution is -0.135. The van der Waals surface area contributed by atoms with Crippen molar-refractivity contribution >= 4 is 35.6 Å². The number of rotatable bonds is 15. The molecular formula is C30H43ClFN3O5S. The Morgan fingerprint density at radius 1 is 1.22 bits per heavy atom. The molecule has 1 aromatic carbocycles. The van der Waals surface area contributed by atoms with E-state index in [4.69, 9.17) is 26.8 Å². The molecule has 0 saturated carbocycles. The average Bonchev–Trinajstić information content (AvgIpc) is 2.89. The van der Waals surface area contributed by atoms with Crippen LogP contribution in [-0.2, 0) is 20.9 Å². The molecular weight excluding hydrogens is 569 g/mol. The summed E-state index contributed by atoms with van der Waals surface area (Å²) in [7, 11) is 0. The van der Waals surface area contributed by atoms with Crippen LogP contribution in [0.4, 0.5) is 9.18 Å². The van der Waals surface area contributed by atoms with Gasteiger partial charge in [0.1, 0.15) is 18.3 Å². The van der Waals surface area contributed by atoms with Crippen molar-refractivity contribution in [3.05, 3.63) is 81.8 Å². The zero-order valence-electron chi connectivity index (χ0n) is 24.7. The lowest BCUT2D eigenvalue weighted by atomic mass is 9.92. The van der Waals surface area contributed by atoms with Gasteiger partial charge in [-0.1, -0.05) is 60.7 Å². The van der Waals surface area contributed by atoms with E-state index in [2.05, 4.69) is 11.9 Å². The van der Waals surface area contributed by atoms with Crippen LogP contribution in [0.5, 0.6) is 0 Å². The molecule has 41 heavy (non-hydrogen) atoms. The van der Waals surface area contributed by atoms with Crippen molar-refractivity contribution in [3.8, 4) is 0 Å². The van der Waals surface area contributed by atoms with Crippen molar-refractivity contribution in [2.75, 3.05) is 26.4 Å². The Hall–Kier alpha value is -2.63. The topological polar surface area (TPSA) is 114 Å². The van der Waals surface area contributed by atoms with Crippen LogP contribution in [0.3, 0.4) is 0 Å². The number of carbonyl (C=O) groups is 2. The Morgan fingerprint density at radius 2 is 1.85 bits per heavy atom. The van der Waals surface area contributed by atoms with E-state index in [9.17, 15) is 18.5 Å². The van der Waals surface area contributed by atoms with Crippen LogP contribution >= 0.6 is 23.6 Å². The second kappa shape index (κ2) is 17.4. The summed E-state index contributed by atoms with van der Waals surface area (Å²) in [4.78, 5) is 28.0. The van der Waals surface area contributed by atoms with Crippen LogP contribution < -0.4 is 11.1 Å². The van der Waals surface area contributed by atoms with Crippen molar-refractivity contribution in [1.82, 2.24) is 10.2 Å². The molecule has 11 heteroatoms. The standard InChI is InChI=1S/C30H43ClFN3O5S/c1-8-23(31)15-14-21(2)26(41-38)24(30(6,7)33)18-35(17-16-32)27(36)25(34-28(37)40-29(3,4)5)20-39-19-22-12-10-9-11-13-22/h8-15,25,38H,2,16-20,33H2,1,3-7H3,(H,34,37)/b15-14-,23-8+,26-24-. The highest BCUT2D eigenvalue weighted by Crippen LogP contribution is 2.31. The number of hydrogen-bond donors (Lipinski definition) is 3. The van der Waals surface area contributed by atoms with Crippen LogP contribution in [-0.4, -0.2) is 65.0 Å². The molecule has 8 nitrogen and oxygen atoms in total. The van der Waals surface area contributed by atoms with Crippen molar-refractivity contribution in [1.29, 1.82) is 0 Å². The van der Waals surface area contributed by atoms with Crippen LogP contribution in [0, 0.1) is 0 Å². The fourth-order valence-corrected chi connectivity index (χ4v) is 4.19. The van der Waals surface area contributed by atoms with Crippen LogP contribution in [0.15, 0.2) is 76.2 Å². The fourth-order valence-electron chi connectivity index (χ4n) is 3.50. The molecule has 4 N–H and O–H groups in total. The van der Waals surface area contributed by atoms with E-state index in [1.54, 1.807) is 59.8 Å². The first-order valence-corrected chi connectivity index (χ1v) is 14.3. The summed E-state index contributed by atoms with van der Waals surface area (Å²) in [5.41, 5.74) is 6.31. The number of allylic oxidation sites excluding steroid dienone is 5. The number of halogens is 2. The summed E-state index contributed by atoms with van der Waals surface area (Å²) in [6.07, 6.45) is 4.09. The number of hydrogen-bond acceptors (Lipinski definition) is 7. The SMILES string of the molecule is C=C(/C=C\C(Cl)=C/C)/C(SO)=C(\CN(CCF)C(=O)C(COCc1ccccc1)NC(=O)OC(C)(C)C)C(C)(C)N. The molecule has 0 aliphatic carbocycles. The van der Waals surface area contributed by atoms with Crippen molar-refractivity contribution in [3.63, 3.8) is 0 Å². The highest BCUT2D eigenvalue weighted by Gasteiger charge is 2.32. The molecule has 1 atom stereocenters. The lowest BCUT2D eigenvalue weighted by Crippen LogP contribution is -2.54. The molecule has 0 spiro atoms. The third kappa shape index (κ3) is 13.7. The van der Waals surface area contributed by atoms with Gasteiger partial charge in [0, 0.05) is 40.6 Å². The second-order valence-corrected chi connectivity index (χ2v) is 11.8. The average molecular weight is 612 g/mol. The monoisotopic (exact) mass is 611 g/mol. The number of nitrogens with two attached hydrogens (primary N) is 1. The van der Waals surface area contributed by atoms with Gasteiger partial charge in [-0.15, -0.1) is 0 Å². The number of nitrogens with one attached hydrogen (secondary N) is 1. The van der Waals surface area contributed by atoms with Crippen LogP contribution in [0.25, 0.3) is 0 Å². The van der Waals surface area contributed by atoms with Crippen LogP contribution in [0.1, 0.15) is 47.1 Å².